The van der Waals surface area contributed by atoms with E-state index in [2.05, 4.69) is 6.92 Å². The molecule has 0 bridgehead atoms. The first-order valence-corrected chi connectivity index (χ1v) is 5.63. The summed E-state index contributed by atoms with van der Waals surface area (Å²) in [5.41, 5.74) is 0. The zero-order valence-electron chi connectivity index (χ0n) is 8.38. The Kier molecular flexibility index (Phi) is 10.3. The van der Waals surface area contributed by atoms with Crippen molar-refractivity contribution in [3.63, 3.8) is 0 Å². The molecule has 0 aromatic carbocycles. The molecule has 3 nitrogen and oxygen atoms in total. The van der Waals surface area contributed by atoms with Crippen LogP contribution in [-0.4, -0.2) is 44.0 Å². The van der Waals surface area contributed by atoms with Gasteiger partial charge in [0, 0.05) is 18.4 Å². The first kappa shape index (κ1) is 14.5. The lowest BCUT2D eigenvalue weighted by molar-refractivity contribution is -0.189. The van der Waals surface area contributed by atoms with Gasteiger partial charge >= 0.3 is 0 Å². The van der Waals surface area contributed by atoms with Crippen molar-refractivity contribution in [3.05, 3.63) is 6.92 Å². The molecule has 1 unspecified atom stereocenters. The summed E-state index contributed by atoms with van der Waals surface area (Å²) in [5.74, 6) is 0.833. The van der Waals surface area contributed by atoms with Crippen LogP contribution >= 0.6 is 23.2 Å². The molecule has 0 fully saturated rings. The fourth-order valence-electron chi connectivity index (χ4n) is 0.877. The minimum Gasteiger partial charge on any atom is -0.373 e. The second kappa shape index (κ2) is 9.99. The maximum Gasteiger partial charge on any atom is 0.183 e. The van der Waals surface area contributed by atoms with Crippen LogP contribution in [0.15, 0.2) is 0 Å². The van der Waals surface area contributed by atoms with E-state index in [4.69, 9.17) is 37.4 Å². The highest BCUT2D eigenvalue weighted by molar-refractivity contribution is 6.18. The molecular weight excluding hydrogens is 227 g/mol. The number of hydrogen-bond acceptors (Lipinski definition) is 3. The smallest absolute Gasteiger partial charge is 0.183 e. The van der Waals surface area contributed by atoms with Crippen LogP contribution in [0.3, 0.4) is 0 Å². The zero-order valence-corrected chi connectivity index (χ0v) is 9.89. The second-order valence-corrected chi connectivity index (χ2v) is 3.24. The van der Waals surface area contributed by atoms with Gasteiger partial charge in [0.15, 0.2) is 6.29 Å². The normalized spacial score (nSPS) is 13.5. The summed E-state index contributed by atoms with van der Waals surface area (Å²) in [6.45, 7) is 7.05. The maximum absolute atomic E-state index is 5.49. The third kappa shape index (κ3) is 6.85. The van der Waals surface area contributed by atoms with Crippen molar-refractivity contribution in [2.45, 2.75) is 19.3 Å². The molecule has 14 heavy (non-hydrogen) atoms. The first-order valence-electron chi connectivity index (χ1n) is 4.56. The molecule has 0 amide bonds. The molecule has 0 aromatic rings. The van der Waals surface area contributed by atoms with Gasteiger partial charge in [-0.2, -0.15) is 0 Å². The van der Waals surface area contributed by atoms with Crippen LogP contribution in [0.4, 0.5) is 0 Å². The van der Waals surface area contributed by atoms with Gasteiger partial charge in [0.05, 0.1) is 13.2 Å². The van der Waals surface area contributed by atoms with Crippen molar-refractivity contribution in [2.24, 2.45) is 0 Å². The summed E-state index contributed by atoms with van der Waals surface area (Å²) in [6.07, 6.45) is -0.848. The number of halogens is 2. The second-order valence-electron chi connectivity index (χ2n) is 2.48. The van der Waals surface area contributed by atoms with Gasteiger partial charge in [-0.3, -0.25) is 0 Å². The molecule has 0 aliphatic rings. The molecule has 0 saturated heterocycles. The summed E-state index contributed by atoms with van der Waals surface area (Å²) in [5, 5.41) is 0. The third-order valence-electron chi connectivity index (χ3n) is 1.40. The Balaban J connectivity index is 3.81. The molecule has 0 saturated carbocycles. The van der Waals surface area contributed by atoms with E-state index in [-0.39, 0.29) is 6.10 Å². The molecule has 0 spiro atoms. The Morgan fingerprint density at radius 1 is 1.07 bits per heavy atom. The highest BCUT2D eigenvalue weighted by Gasteiger charge is 2.18. The molecule has 0 aromatic heterocycles. The Hall–Kier alpha value is 0.460. The highest BCUT2D eigenvalue weighted by Crippen LogP contribution is 2.06. The molecule has 0 N–H and O–H groups in total. The molecular formula is C9H17Cl2O3. The number of hydrogen-bond donors (Lipinski definition) is 0. The Morgan fingerprint density at radius 3 is 1.93 bits per heavy atom. The molecule has 0 rings (SSSR count). The largest absolute Gasteiger partial charge is 0.373 e. The average molecular weight is 244 g/mol. The van der Waals surface area contributed by atoms with E-state index >= 15 is 0 Å². The van der Waals surface area contributed by atoms with Crippen molar-refractivity contribution in [3.8, 4) is 0 Å². The van der Waals surface area contributed by atoms with Crippen molar-refractivity contribution in [1.29, 1.82) is 0 Å². The van der Waals surface area contributed by atoms with Gasteiger partial charge in [-0.25, -0.2) is 0 Å². The van der Waals surface area contributed by atoms with E-state index in [1.165, 1.54) is 0 Å². The fraction of sp³-hybridized carbons (Fsp3) is 0.889. The molecule has 0 aliphatic heterocycles. The maximum atomic E-state index is 5.49. The van der Waals surface area contributed by atoms with Crippen LogP contribution in [0.1, 0.15) is 6.92 Å². The summed E-state index contributed by atoms with van der Waals surface area (Å²) >= 11 is 11.0. The average Bonchev–Trinajstić information content (AvgIpc) is 2.18. The third-order valence-corrected chi connectivity index (χ3v) is 1.71. The van der Waals surface area contributed by atoms with Crippen molar-refractivity contribution in [1.82, 2.24) is 0 Å². The highest BCUT2D eigenvalue weighted by atomic mass is 35.5. The molecule has 1 atom stereocenters. The van der Waals surface area contributed by atoms with E-state index in [9.17, 15) is 0 Å². The van der Waals surface area contributed by atoms with Crippen molar-refractivity contribution < 1.29 is 14.2 Å². The van der Waals surface area contributed by atoms with Crippen LogP contribution in [0, 0.1) is 6.92 Å². The standard InChI is InChI=1S/C9H17Cl2O3/c1-3-12-8(2)9(13-6-4-10)14-7-5-11/h8-9H,2-7H2,1H3. The van der Waals surface area contributed by atoms with Crippen LogP contribution in [0.5, 0.6) is 0 Å². The molecule has 1 radical (unpaired) electrons. The fourth-order valence-corrected chi connectivity index (χ4v) is 1.05. The van der Waals surface area contributed by atoms with E-state index in [1.807, 2.05) is 6.92 Å². The molecule has 0 heterocycles. The molecule has 85 valence electrons. The van der Waals surface area contributed by atoms with Gasteiger partial charge in [0.2, 0.25) is 0 Å². The Morgan fingerprint density at radius 2 is 1.57 bits per heavy atom. The number of alkyl halides is 2. The van der Waals surface area contributed by atoms with Crippen molar-refractivity contribution in [2.75, 3.05) is 31.6 Å². The Bertz CT molecular complexity index is 117. The quantitative estimate of drug-likeness (QED) is 0.459. The summed E-state index contributed by atoms with van der Waals surface area (Å²) in [7, 11) is 0. The van der Waals surface area contributed by atoms with Gasteiger partial charge in [-0.1, -0.05) is 0 Å². The minimum atomic E-state index is -0.493. The van der Waals surface area contributed by atoms with Crippen LogP contribution in [0.25, 0.3) is 0 Å². The minimum absolute atomic E-state index is 0.355. The zero-order chi connectivity index (χ0) is 10.8. The van der Waals surface area contributed by atoms with Crippen LogP contribution in [0.2, 0.25) is 0 Å². The lowest BCUT2D eigenvalue weighted by atomic mass is 10.4. The van der Waals surface area contributed by atoms with E-state index in [0.717, 1.165) is 0 Å². The van der Waals surface area contributed by atoms with Crippen LogP contribution < -0.4 is 0 Å². The topological polar surface area (TPSA) is 27.7 Å². The lowest BCUT2D eigenvalue weighted by Gasteiger charge is -2.23. The molecule has 5 heteroatoms. The van der Waals surface area contributed by atoms with Crippen molar-refractivity contribution >= 4 is 23.2 Å². The van der Waals surface area contributed by atoms with Gasteiger partial charge in [-0.05, 0) is 13.8 Å². The predicted molar refractivity (Wildman–Crippen MR) is 57.9 cm³/mol. The number of rotatable bonds is 9. The predicted octanol–water partition coefficient (Wildman–Crippen LogP) is 2.06. The summed E-state index contributed by atoms with van der Waals surface area (Å²) in [4.78, 5) is 0. The van der Waals surface area contributed by atoms with Gasteiger partial charge in [-0.15, -0.1) is 23.2 Å². The summed E-state index contributed by atoms with van der Waals surface area (Å²) < 4.78 is 15.9. The van der Waals surface area contributed by atoms with E-state index in [1.54, 1.807) is 0 Å². The monoisotopic (exact) mass is 243 g/mol. The van der Waals surface area contributed by atoms with Gasteiger partial charge in [0.25, 0.3) is 0 Å². The Labute approximate surface area is 95.6 Å². The lowest BCUT2D eigenvalue weighted by Crippen LogP contribution is -2.33. The van der Waals surface area contributed by atoms with E-state index < -0.39 is 6.29 Å². The summed E-state index contributed by atoms with van der Waals surface area (Å²) in [6, 6.07) is 0. The van der Waals surface area contributed by atoms with E-state index in [0.29, 0.717) is 31.6 Å². The van der Waals surface area contributed by atoms with Gasteiger partial charge in [0.1, 0.15) is 6.10 Å². The molecule has 0 aliphatic carbocycles. The first-order chi connectivity index (χ1) is 6.76. The van der Waals surface area contributed by atoms with Crippen LogP contribution in [-0.2, 0) is 14.2 Å². The SMILES string of the molecule is [CH2]C(OCC)C(OCCCl)OCCCl. The van der Waals surface area contributed by atoms with Gasteiger partial charge < -0.3 is 14.2 Å². The number of ether oxygens (including phenoxy) is 3.